The fraction of sp³-hybridized carbons (Fsp3) is 0.852. The fourth-order valence-electron chi connectivity index (χ4n) is 4.87. The van der Waals surface area contributed by atoms with Gasteiger partial charge in [0.15, 0.2) is 12.1 Å². The van der Waals surface area contributed by atoms with Gasteiger partial charge in [0.05, 0.1) is 48.6 Å². The van der Waals surface area contributed by atoms with Crippen LogP contribution in [0.2, 0.25) is 0 Å². The molecule has 2 heterocycles. The van der Waals surface area contributed by atoms with Crippen molar-refractivity contribution < 1.29 is 49.3 Å². The Morgan fingerprint density at radius 3 is 2.38 bits per heavy atom. The van der Waals surface area contributed by atoms with Crippen molar-refractivity contribution in [1.82, 2.24) is 5.32 Å². The second-order valence-corrected chi connectivity index (χ2v) is 11.7. The first kappa shape index (κ1) is 34.5. The number of carbonyl (C=O) groups is 2. The number of carbonyl (C=O) groups excluding carboxylic acids is 2. The van der Waals surface area contributed by atoms with E-state index < -0.39 is 78.6 Å². The van der Waals surface area contributed by atoms with E-state index in [4.69, 9.17) is 25.7 Å². The van der Waals surface area contributed by atoms with Crippen molar-refractivity contribution >= 4 is 11.8 Å². The third-order valence-corrected chi connectivity index (χ3v) is 7.37. The van der Waals surface area contributed by atoms with Crippen LogP contribution in [0.1, 0.15) is 60.3 Å². The number of rotatable bonds is 13. The number of nitrogens with one attached hydrogen (secondary N) is 1. The molecule has 0 aromatic rings. The molecule has 0 saturated carbocycles. The normalized spacial score (nSPS) is 36.6. The van der Waals surface area contributed by atoms with Crippen molar-refractivity contribution in [2.24, 2.45) is 29.2 Å². The van der Waals surface area contributed by atoms with Gasteiger partial charge in [-0.2, -0.15) is 0 Å². The molecule has 2 aliphatic rings. The minimum atomic E-state index is -1.94. The third-order valence-electron chi connectivity index (χ3n) is 7.37. The Bertz CT molecular complexity index is 858. The lowest BCUT2D eigenvalue weighted by atomic mass is 9.81. The van der Waals surface area contributed by atoms with Crippen LogP contribution in [0.5, 0.6) is 0 Å². The molecule has 11 atom stereocenters. The highest BCUT2D eigenvalue weighted by Gasteiger charge is 2.50. The zero-order valence-electron chi connectivity index (χ0n) is 24.1. The molecule has 2 fully saturated rings. The predicted octanol–water partition coefficient (Wildman–Crippen LogP) is -1.38. The minimum Gasteiger partial charge on any atom is -0.393 e. The van der Waals surface area contributed by atoms with E-state index in [1.54, 1.807) is 26.8 Å². The largest absolute Gasteiger partial charge is 0.393 e. The second-order valence-electron chi connectivity index (χ2n) is 11.7. The quantitative estimate of drug-likeness (QED) is 0.119. The molecule has 2 aliphatic heterocycles. The van der Waals surface area contributed by atoms with Crippen LogP contribution in [0.3, 0.4) is 0 Å². The standard InChI is InChI=1S/C27H49N3O10/c1-13(2)6-7-16(39-26-24(35)22(29)23(34)15(5)38-26)10-19-21(25(36)30-9-8-20(28)33)18(32)12-27(37,40-19)11-17(31)14(3)4/h6-7,13-19,21-24,26,31-32,34-35,37H,8-12,29H2,1-5H3,(H2,28,33)(H,30,36)/b7-6+/t15?,16-,17+,18-,19-,21+,22?,23?,24?,26?,27+/m0/s1. The monoisotopic (exact) mass is 575 g/mol. The van der Waals surface area contributed by atoms with Crippen LogP contribution in [0, 0.1) is 17.8 Å². The lowest BCUT2D eigenvalue weighted by molar-refractivity contribution is -0.307. The average molecular weight is 576 g/mol. The summed E-state index contributed by atoms with van der Waals surface area (Å²) in [6.45, 7) is 8.98. The molecule has 5 unspecified atom stereocenters. The summed E-state index contributed by atoms with van der Waals surface area (Å²) in [5.41, 5.74) is 11.1. The molecule has 10 N–H and O–H groups in total. The van der Waals surface area contributed by atoms with E-state index in [-0.39, 0.29) is 44.1 Å². The number of primary amides is 1. The Morgan fingerprint density at radius 1 is 1.15 bits per heavy atom. The van der Waals surface area contributed by atoms with E-state index in [2.05, 4.69) is 5.32 Å². The molecule has 2 saturated heterocycles. The third kappa shape index (κ3) is 9.71. The number of amides is 2. The Balaban J connectivity index is 2.35. The summed E-state index contributed by atoms with van der Waals surface area (Å²) < 4.78 is 17.8. The van der Waals surface area contributed by atoms with Crippen LogP contribution in [-0.2, 0) is 23.8 Å². The van der Waals surface area contributed by atoms with Crippen molar-refractivity contribution in [2.45, 2.75) is 121 Å². The van der Waals surface area contributed by atoms with Gasteiger partial charge >= 0.3 is 0 Å². The van der Waals surface area contributed by atoms with Crippen molar-refractivity contribution in [2.75, 3.05) is 6.54 Å². The van der Waals surface area contributed by atoms with E-state index in [0.29, 0.717) is 0 Å². The second kappa shape index (κ2) is 15.0. The molecule has 232 valence electrons. The summed E-state index contributed by atoms with van der Waals surface area (Å²) in [7, 11) is 0. The summed E-state index contributed by atoms with van der Waals surface area (Å²) >= 11 is 0. The SMILES string of the molecule is CC(C)/C=C/[C@@H](C[C@@H]1O[C@](O)(C[C@@H](O)C(C)C)C[C@H](O)[C@H]1C(=O)NCCC(N)=O)OC1OC(C)C(O)C(N)C1O. The summed E-state index contributed by atoms with van der Waals surface area (Å²) in [5, 5.41) is 56.1. The van der Waals surface area contributed by atoms with Gasteiger partial charge in [-0.05, 0) is 18.8 Å². The highest BCUT2D eigenvalue weighted by molar-refractivity contribution is 5.81. The average Bonchev–Trinajstić information content (AvgIpc) is 2.83. The van der Waals surface area contributed by atoms with E-state index in [1.807, 2.05) is 19.9 Å². The molecule has 0 spiro atoms. The first-order valence-electron chi connectivity index (χ1n) is 14.0. The Hall–Kier alpha value is -1.68. The maximum atomic E-state index is 13.2. The van der Waals surface area contributed by atoms with E-state index in [1.165, 1.54) is 0 Å². The molecule has 13 heteroatoms. The molecule has 0 aromatic heterocycles. The summed E-state index contributed by atoms with van der Waals surface area (Å²) in [5.74, 6) is -4.41. The summed E-state index contributed by atoms with van der Waals surface area (Å²) in [6.07, 6.45) is -5.79. The van der Waals surface area contributed by atoms with Crippen LogP contribution in [0.25, 0.3) is 0 Å². The van der Waals surface area contributed by atoms with Crippen LogP contribution in [0.4, 0.5) is 0 Å². The van der Waals surface area contributed by atoms with Gasteiger partial charge in [0.2, 0.25) is 11.8 Å². The van der Waals surface area contributed by atoms with E-state index in [0.717, 1.165) is 0 Å². The Labute approximate surface area is 235 Å². The maximum Gasteiger partial charge on any atom is 0.228 e. The molecule has 40 heavy (non-hydrogen) atoms. The molecule has 0 aliphatic carbocycles. The zero-order valence-corrected chi connectivity index (χ0v) is 24.1. The summed E-state index contributed by atoms with van der Waals surface area (Å²) in [4.78, 5) is 24.3. The number of aliphatic hydroxyl groups is 5. The maximum absolute atomic E-state index is 13.2. The van der Waals surface area contributed by atoms with Gasteiger partial charge in [0.1, 0.15) is 6.10 Å². The number of allylic oxidation sites excluding steroid dienone is 1. The van der Waals surface area contributed by atoms with Gasteiger partial charge in [-0.15, -0.1) is 0 Å². The Kier molecular flexibility index (Phi) is 12.9. The van der Waals surface area contributed by atoms with Crippen LogP contribution in [0.15, 0.2) is 12.2 Å². The van der Waals surface area contributed by atoms with Crippen molar-refractivity contribution in [3.63, 3.8) is 0 Å². The topological polar surface area (TPSA) is 227 Å². The summed E-state index contributed by atoms with van der Waals surface area (Å²) in [6, 6.07) is -1.03. The molecule has 0 bridgehead atoms. The van der Waals surface area contributed by atoms with Gasteiger partial charge in [-0.3, -0.25) is 9.59 Å². The fourth-order valence-corrected chi connectivity index (χ4v) is 4.87. The molecule has 0 radical (unpaired) electrons. The molecule has 2 amide bonds. The van der Waals surface area contributed by atoms with Crippen LogP contribution in [-0.4, -0.2) is 105 Å². The smallest absolute Gasteiger partial charge is 0.228 e. The van der Waals surface area contributed by atoms with Crippen molar-refractivity contribution in [3.05, 3.63) is 12.2 Å². The van der Waals surface area contributed by atoms with Gasteiger partial charge in [0.25, 0.3) is 0 Å². The number of nitrogens with two attached hydrogens (primary N) is 2. The van der Waals surface area contributed by atoms with E-state index >= 15 is 0 Å². The highest BCUT2D eigenvalue weighted by atomic mass is 16.7. The van der Waals surface area contributed by atoms with E-state index in [9.17, 15) is 35.1 Å². The number of hydrogen-bond acceptors (Lipinski definition) is 11. The van der Waals surface area contributed by atoms with Gasteiger partial charge in [-0.1, -0.05) is 39.8 Å². The molecular formula is C27H49N3O10. The lowest BCUT2D eigenvalue weighted by Gasteiger charge is -2.46. The zero-order chi connectivity index (χ0) is 30.4. The first-order valence-corrected chi connectivity index (χ1v) is 14.0. The molecular weight excluding hydrogens is 526 g/mol. The number of hydrogen-bond donors (Lipinski definition) is 8. The van der Waals surface area contributed by atoms with Crippen molar-refractivity contribution in [3.8, 4) is 0 Å². The number of aliphatic hydroxyl groups excluding tert-OH is 4. The molecule has 2 rings (SSSR count). The predicted molar refractivity (Wildman–Crippen MR) is 144 cm³/mol. The number of ether oxygens (including phenoxy) is 3. The minimum absolute atomic E-state index is 0.0478. The van der Waals surface area contributed by atoms with Crippen LogP contribution < -0.4 is 16.8 Å². The lowest BCUT2D eigenvalue weighted by Crippen LogP contribution is -2.62. The molecule has 13 nitrogen and oxygen atoms in total. The van der Waals surface area contributed by atoms with Crippen molar-refractivity contribution in [1.29, 1.82) is 0 Å². The molecule has 0 aromatic carbocycles. The van der Waals surface area contributed by atoms with Gasteiger partial charge in [0, 0.05) is 32.2 Å². The first-order chi connectivity index (χ1) is 18.5. The van der Waals surface area contributed by atoms with Gasteiger partial charge in [-0.25, -0.2) is 0 Å². The Morgan fingerprint density at radius 2 is 1.80 bits per heavy atom. The highest BCUT2D eigenvalue weighted by Crippen LogP contribution is 2.38. The van der Waals surface area contributed by atoms with Gasteiger partial charge < -0.3 is 56.5 Å². The van der Waals surface area contributed by atoms with Crippen LogP contribution >= 0.6 is 0 Å².